The monoisotopic (exact) mass is 280 g/mol. The van der Waals surface area contributed by atoms with Crippen LogP contribution in [0.5, 0.6) is 0 Å². The number of carbonyl (C=O) groups is 1. The maximum absolute atomic E-state index is 12.6. The number of hydrogen-bond donors (Lipinski definition) is 1. The van der Waals surface area contributed by atoms with Crippen molar-refractivity contribution in [2.75, 3.05) is 7.05 Å². The van der Waals surface area contributed by atoms with Gasteiger partial charge in [-0.1, -0.05) is 19.8 Å². The van der Waals surface area contributed by atoms with Gasteiger partial charge in [0.1, 0.15) is 0 Å². The SMILES string of the molecule is Cc1ccsc1CN(C)C(=O)C1(N)CCCC(C)C1. The third-order valence-electron chi connectivity index (χ3n) is 4.15. The molecule has 2 atom stereocenters. The first-order valence-electron chi connectivity index (χ1n) is 7.00. The summed E-state index contributed by atoms with van der Waals surface area (Å²) in [6.45, 7) is 4.96. The molecule has 1 amide bonds. The minimum absolute atomic E-state index is 0.104. The van der Waals surface area contributed by atoms with E-state index in [0.717, 1.165) is 19.3 Å². The van der Waals surface area contributed by atoms with E-state index in [4.69, 9.17) is 5.73 Å². The molecule has 1 saturated carbocycles. The molecular weight excluding hydrogens is 256 g/mol. The molecule has 1 aromatic heterocycles. The van der Waals surface area contributed by atoms with E-state index < -0.39 is 5.54 Å². The molecule has 0 aromatic carbocycles. The Morgan fingerprint density at radius 2 is 2.37 bits per heavy atom. The van der Waals surface area contributed by atoms with Crippen LogP contribution in [0.3, 0.4) is 0 Å². The molecule has 0 aliphatic heterocycles. The van der Waals surface area contributed by atoms with Gasteiger partial charge in [-0.25, -0.2) is 0 Å². The highest BCUT2D eigenvalue weighted by Gasteiger charge is 2.39. The van der Waals surface area contributed by atoms with Crippen LogP contribution >= 0.6 is 11.3 Å². The smallest absolute Gasteiger partial charge is 0.242 e. The van der Waals surface area contributed by atoms with Crippen molar-refractivity contribution in [2.24, 2.45) is 11.7 Å². The molecule has 0 radical (unpaired) electrons. The molecule has 2 N–H and O–H groups in total. The van der Waals surface area contributed by atoms with Gasteiger partial charge in [0.15, 0.2) is 0 Å². The fourth-order valence-corrected chi connectivity index (χ4v) is 3.98. The van der Waals surface area contributed by atoms with Gasteiger partial charge < -0.3 is 10.6 Å². The number of rotatable bonds is 3. The molecular formula is C15H24N2OS. The quantitative estimate of drug-likeness (QED) is 0.925. The number of amides is 1. The first-order valence-corrected chi connectivity index (χ1v) is 7.88. The van der Waals surface area contributed by atoms with Crippen molar-refractivity contribution in [3.05, 3.63) is 21.9 Å². The number of likely N-dealkylation sites (N-methyl/N-ethyl adjacent to an activating group) is 1. The summed E-state index contributed by atoms with van der Waals surface area (Å²) in [5, 5.41) is 2.07. The first-order chi connectivity index (χ1) is 8.92. The van der Waals surface area contributed by atoms with Crippen LogP contribution in [0.1, 0.15) is 43.0 Å². The Balaban J connectivity index is 2.04. The van der Waals surface area contributed by atoms with Crippen LogP contribution in [-0.2, 0) is 11.3 Å². The van der Waals surface area contributed by atoms with Gasteiger partial charge >= 0.3 is 0 Å². The third kappa shape index (κ3) is 3.18. The number of aryl methyl sites for hydroxylation is 1. The van der Waals surface area contributed by atoms with Crippen molar-refractivity contribution in [1.29, 1.82) is 0 Å². The molecule has 0 bridgehead atoms. The van der Waals surface area contributed by atoms with Crippen LogP contribution in [0, 0.1) is 12.8 Å². The van der Waals surface area contributed by atoms with Crippen LogP contribution in [0.15, 0.2) is 11.4 Å². The molecule has 0 saturated heterocycles. The van der Waals surface area contributed by atoms with E-state index in [9.17, 15) is 4.79 Å². The molecule has 1 fully saturated rings. The number of carbonyl (C=O) groups excluding carboxylic acids is 1. The summed E-state index contributed by atoms with van der Waals surface area (Å²) in [7, 11) is 1.87. The second kappa shape index (κ2) is 5.63. The second-order valence-electron chi connectivity index (χ2n) is 6.05. The first kappa shape index (κ1) is 14.5. The molecule has 2 rings (SSSR count). The number of nitrogens with zero attached hydrogens (tertiary/aromatic N) is 1. The molecule has 19 heavy (non-hydrogen) atoms. The van der Waals surface area contributed by atoms with Crippen molar-refractivity contribution in [3.8, 4) is 0 Å². The molecule has 2 unspecified atom stereocenters. The molecule has 3 nitrogen and oxygen atoms in total. The number of nitrogens with two attached hydrogens (primary N) is 1. The molecule has 106 valence electrons. The van der Waals surface area contributed by atoms with Gasteiger partial charge in [-0.3, -0.25) is 4.79 Å². The lowest BCUT2D eigenvalue weighted by atomic mass is 9.76. The van der Waals surface area contributed by atoms with Crippen molar-refractivity contribution in [2.45, 2.75) is 51.6 Å². The van der Waals surface area contributed by atoms with Gasteiger partial charge in [0.2, 0.25) is 5.91 Å². The van der Waals surface area contributed by atoms with Gasteiger partial charge in [-0.05, 0) is 42.7 Å². The van der Waals surface area contributed by atoms with E-state index in [1.165, 1.54) is 16.9 Å². The molecule has 4 heteroatoms. The highest BCUT2D eigenvalue weighted by molar-refractivity contribution is 7.10. The summed E-state index contributed by atoms with van der Waals surface area (Å²) in [6.07, 6.45) is 3.90. The summed E-state index contributed by atoms with van der Waals surface area (Å²) in [6, 6.07) is 2.10. The maximum atomic E-state index is 12.6. The van der Waals surface area contributed by atoms with Crippen molar-refractivity contribution in [3.63, 3.8) is 0 Å². The highest BCUT2D eigenvalue weighted by Crippen LogP contribution is 2.32. The Kier molecular flexibility index (Phi) is 4.31. The lowest BCUT2D eigenvalue weighted by Gasteiger charge is -2.38. The summed E-state index contributed by atoms with van der Waals surface area (Å²) in [5.74, 6) is 0.659. The zero-order chi connectivity index (χ0) is 14.0. The normalized spacial score (nSPS) is 27.3. The van der Waals surface area contributed by atoms with Crippen LogP contribution in [0.25, 0.3) is 0 Å². The average molecular weight is 280 g/mol. The average Bonchev–Trinajstić information content (AvgIpc) is 2.73. The molecule has 1 aliphatic carbocycles. The van der Waals surface area contributed by atoms with Crippen molar-refractivity contribution in [1.82, 2.24) is 4.90 Å². The molecule has 0 spiro atoms. The largest absolute Gasteiger partial charge is 0.339 e. The van der Waals surface area contributed by atoms with E-state index in [2.05, 4.69) is 25.3 Å². The van der Waals surface area contributed by atoms with E-state index in [0.29, 0.717) is 12.5 Å². The van der Waals surface area contributed by atoms with Crippen molar-refractivity contribution >= 4 is 17.2 Å². The van der Waals surface area contributed by atoms with Crippen LogP contribution < -0.4 is 5.73 Å². The summed E-state index contributed by atoms with van der Waals surface area (Å²) >= 11 is 1.71. The third-order valence-corrected chi connectivity index (χ3v) is 5.16. The Labute approximate surface area is 119 Å². The van der Waals surface area contributed by atoms with E-state index >= 15 is 0 Å². The molecule has 1 aliphatic rings. The van der Waals surface area contributed by atoms with E-state index in [1.54, 1.807) is 16.2 Å². The Bertz CT molecular complexity index is 457. The minimum Gasteiger partial charge on any atom is -0.339 e. The van der Waals surface area contributed by atoms with Gasteiger partial charge in [0, 0.05) is 11.9 Å². The number of hydrogen-bond acceptors (Lipinski definition) is 3. The van der Waals surface area contributed by atoms with Crippen LogP contribution in [0.4, 0.5) is 0 Å². The standard InChI is InChI=1S/C15H24N2OS/c1-11-5-4-7-15(16,9-11)14(18)17(3)10-13-12(2)6-8-19-13/h6,8,11H,4-5,7,9-10,16H2,1-3H3. The summed E-state index contributed by atoms with van der Waals surface area (Å²) < 4.78 is 0. The van der Waals surface area contributed by atoms with E-state index in [1.807, 2.05) is 7.05 Å². The van der Waals surface area contributed by atoms with E-state index in [-0.39, 0.29) is 5.91 Å². The summed E-state index contributed by atoms with van der Waals surface area (Å²) in [4.78, 5) is 15.7. The highest BCUT2D eigenvalue weighted by atomic mass is 32.1. The minimum atomic E-state index is -0.641. The topological polar surface area (TPSA) is 46.3 Å². The fraction of sp³-hybridized carbons (Fsp3) is 0.667. The van der Waals surface area contributed by atoms with Crippen LogP contribution in [0.2, 0.25) is 0 Å². The lowest BCUT2D eigenvalue weighted by Crippen LogP contribution is -2.56. The zero-order valence-corrected chi connectivity index (χ0v) is 12.9. The zero-order valence-electron chi connectivity index (χ0n) is 12.1. The van der Waals surface area contributed by atoms with Gasteiger partial charge in [0.05, 0.1) is 12.1 Å². The van der Waals surface area contributed by atoms with Gasteiger partial charge in [0.25, 0.3) is 0 Å². The predicted molar refractivity (Wildman–Crippen MR) is 80.1 cm³/mol. The maximum Gasteiger partial charge on any atom is 0.242 e. The fourth-order valence-electron chi connectivity index (χ4n) is 3.02. The predicted octanol–water partition coefficient (Wildman–Crippen LogP) is 2.92. The Morgan fingerprint density at radius 3 is 2.95 bits per heavy atom. The van der Waals surface area contributed by atoms with Gasteiger partial charge in [-0.2, -0.15) is 0 Å². The number of thiophene rings is 1. The van der Waals surface area contributed by atoms with Crippen molar-refractivity contribution < 1.29 is 4.79 Å². The molecule has 1 aromatic rings. The second-order valence-corrected chi connectivity index (χ2v) is 7.05. The Hall–Kier alpha value is -0.870. The Morgan fingerprint density at radius 1 is 1.63 bits per heavy atom. The van der Waals surface area contributed by atoms with Crippen LogP contribution in [-0.4, -0.2) is 23.4 Å². The lowest BCUT2D eigenvalue weighted by molar-refractivity contribution is -0.138. The molecule has 1 heterocycles. The summed E-state index contributed by atoms with van der Waals surface area (Å²) in [5.41, 5.74) is 6.99. The van der Waals surface area contributed by atoms with Gasteiger partial charge in [-0.15, -0.1) is 11.3 Å².